The van der Waals surface area contributed by atoms with E-state index in [-0.39, 0.29) is 0 Å². The van der Waals surface area contributed by atoms with Gasteiger partial charge in [0.15, 0.2) is 0 Å². The van der Waals surface area contributed by atoms with Crippen molar-refractivity contribution < 1.29 is 4.74 Å². The molecular weight excluding hydrogens is 222 g/mol. The van der Waals surface area contributed by atoms with Gasteiger partial charge in [-0.25, -0.2) is 0 Å². The van der Waals surface area contributed by atoms with Crippen molar-refractivity contribution in [3.05, 3.63) is 0 Å². The van der Waals surface area contributed by atoms with Gasteiger partial charge < -0.3 is 10.1 Å². The van der Waals surface area contributed by atoms with Gasteiger partial charge in [-0.1, -0.05) is 26.7 Å². The number of hydrogen-bond donors (Lipinski definition) is 1. The van der Waals surface area contributed by atoms with Gasteiger partial charge in [0.1, 0.15) is 0 Å². The molecular formula is C16H31NO. The fraction of sp³-hybridized carbons (Fsp3) is 1.00. The minimum Gasteiger partial charge on any atom is -0.378 e. The number of ether oxygens (including phenoxy) is 1. The molecule has 1 N–H and O–H groups in total. The molecule has 0 radical (unpaired) electrons. The van der Waals surface area contributed by atoms with E-state index in [1.165, 1.54) is 64.3 Å². The zero-order chi connectivity index (χ0) is 12.8. The van der Waals surface area contributed by atoms with Crippen LogP contribution in [0, 0.1) is 5.41 Å². The third kappa shape index (κ3) is 3.71. The predicted octanol–water partition coefficient (Wildman–Crippen LogP) is 3.89. The normalized spacial score (nSPS) is 28.7. The van der Waals surface area contributed by atoms with Crippen LogP contribution in [0.1, 0.15) is 71.6 Å². The molecule has 1 saturated heterocycles. The fourth-order valence-electron chi connectivity index (χ4n) is 3.77. The van der Waals surface area contributed by atoms with E-state index in [9.17, 15) is 0 Å². The van der Waals surface area contributed by atoms with Crippen molar-refractivity contribution in [3.8, 4) is 0 Å². The highest BCUT2D eigenvalue weighted by atomic mass is 16.5. The maximum Gasteiger partial charge on any atom is 0.0576 e. The van der Waals surface area contributed by atoms with Crippen LogP contribution >= 0.6 is 0 Å². The lowest BCUT2D eigenvalue weighted by atomic mass is 9.78. The summed E-state index contributed by atoms with van der Waals surface area (Å²) in [5.74, 6) is 0. The second-order valence-electron chi connectivity index (χ2n) is 6.58. The Morgan fingerprint density at radius 3 is 2.67 bits per heavy atom. The summed E-state index contributed by atoms with van der Waals surface area (Å²) in [4.78, 5) is 0. The van der Waals surface area contributed by atoms with Gasteiger partial charge in [-0.15, -0.1) is 0 Å². The Labute approximate surface area is 113 Å². The van der Waals surface area contributed by atoms with Crippen molar-refractivity contribution >= 4 is 0 Å². The topological polar surface area (TPSA) is 21.3 Å². The minimum atomic E-state index is 0.549. The Kier molecular flexibility index (Phi) is 5.50. The molecule has 2 unspecified atom stereocenters. The third-order valence-electron chi connectivity index (χ3n) is 5.03. The summed E-state index contributed by atoms with van der Waals surface area (Å²) < 4.78 is 5.78. The summed E-state index contributed by atoms with van der Waals surface area (Å²) >= 11 is 0. The molecule has 18 heavy (non-hydrogen) atoms. The van der Waals surface area contributed by atoms with E-state index in [0.29, 0.717) is 17.6 Å². The lowest BCUT2D eigenvalue weighted by Crippen LogP contribution is -2.43. The van der Waals surface area contributed by atoms with Gasteiger partial charge >= 0.3 is 0 Å². The van der Waals surface area contributed by atoms with Crippen molar-refractivity contribution in [1.82, 2.24) is 5.32 Å². The minimum absolute atomic E-state index is 0.549. The molecule has 1 heterocycles. The summed E-state index contributed by atoms with van der Waals surface area (Å²) in [6.07, 6.45) is 12.6. The molecule has 0 aromatic carbocycles. The molecule has 2 heteroatoms. The fourth-order valence-corrected chi connectivity index (χ4v) is 3.77. The van der Waals surface area contributed by atoms with Gasteiger partial charge in [-0.3, -0.25) is 0 Å². The molecule has 1 aliphatic heterocycles. The van der Waals surface area contributed by atoms with E-state index in [0.717, 1.165) is 6.61 Å². The van der Waals surface area contributed by atoms with Gasteiger partial charge in [0, 0.05) is 12.6 Å². The standard InChI is InChI=1S/C16H31NO/c1-3-12-17-15(16(2)10-4-5-11-16)9-8-14-7-6-13-18-14/h14-15,17H,3-13H2,1-2H3. The molecule has 0 amide bonds. The highest BCUT2D eigenvalue weighted by Crippen LogP contribution is 2.42. The van der Waals surface area contributed by atoms with Crippen LogP contribution in [-0.4, -0.2) is 25.3 Å². The van der Waals surface area contributed by atoms with Gasteiger partial charge in [0.25, 0.3) is 0 Å². The molecule has 2 aliphatic rings. The van der Waals surface area contributed by atoms with E-state index < -0.39 is 0 Å². The Morgan fingerprint density at radius 2 is 2.06 bits per heavy atom. The van der Waals surface area contributed by atoms with Crippen LogP contribution < -0.4 is 5.32 Å². The molecule has 2 atom stereocenters. The van der Waals surface area contributed by atoms with Crippen molar-refractivity contribution in [1.29, 1.82) is 0 Å². The first kappa shape index (κ1) is 14.3. The second kappa shape index (κ2) is 6.91. The highest BCUT2D eigenvalue weighted by Gasteiger charge is 2.36. The molecule has 2 nitrogen and oxygen atoms in total. The zero-order valence-corrected chi connectivity index (χ0v) is 12.3. The predicted molar refractivity (Wildman–Crippen MR) is 76.9 cm³/mol. The summed E-state index contributed by atoms with van der Waals surface area (Å²) in [5.41, 5.74) is 0.549. The Bertz CT molecular complexity index is 229. The van der Waals surface area contributed by atoms with Crippen LogP contribution in [0.2, 0.25) is 0 Å². The van der Waals surface area contributed by atoms with Crippen LogP contribution in [0.25, 0.3) is 0 Å². The number of nitrogens with one attached hydrogen (secondary N) is 1. The molecule has 1 saturated carbocycles. The largest absolute Gasteiger partial charge is 0.378 e. The van der Waals surface area contributed by atoms with Crippen LogP contribution in [0.4, 0.5) is 0 Å². The summed E-state index contributed by atoms with van der Waals surface area (Å²) in [6, 6.07) is 0.712. The summed E-state index contributed by atoms with van der Waals surface area (Å²) in [6.45, 7) is 6.94. The van der Waals surface area contributed by atoms with Crippen LogP contribution in [0.15, 0.2) is 0 Å². The van der Waals surface area contributed by atoms with E-state index in [1.54, 1.807) is 0 Å². The van der Waals surface area contributed by atoms with Gasteiger partial charge in [-0.2, -0.15) is 0 Å². The highest BCUT2D eigenvalue weighted by molar-refractivity contribution is 4.91. The Morgan fingerprint density at radius 1 is 1.28 bits per heavy atom. The molecule has 1 aliphatic carbocycles. The SMILES string of the molecule is CCCNC(CCC1CCCO1)C1(C)CCCC1. The van der Waals surface area contributed by atoms with Crippen molar-refractivity contribution in [3.63, 3.8) is 0 Å². The number of rotatable bonds is 7. The van der Waals surface area contributed by atoms with Crippen LogP contribution in [-0.2, 0) is 4.74 Å². The molecule has 106 valence electrons. The van der Waals surface area contributed by atoms with Crippen LogP contribution in [0.3, 0.4) is 0 Å². The molecule has 2 rings (SSSR count). The smallest absolute Gasteiger partial charge is 0.0576 e. The first-order valence-electron chi connectivity index (χ1n) is 8.09. The van der Waals surface area contributed by atoms with Gasteiger partial charge in [0.2, 0.25) is 0 Å². The van der Waals surface area contributed by atoms with E-state index in [1.807, 2.05) is 0 Å². The maximum atomic E-state index is 5.78. The summed E-state index contributed by atoms with van der Waals surface area (Å²) in [7, 11) is 0. The van der Waals surface area contributed by atoms with Crippen molar-refractivity contribution in [2.75, 3.05) is 13.2 Å². The summed E-state index contributed by atoms with van der Waals surface area (Å²) in [5, 5.41) is 3.82. The van der Waals surface area contributed by atoms with Gasteiger partial charge in [-0.05, 0) is 56.9 Å². The zero-order valence-electron chi connectivity index (χ0n) is 12.3. The van der Waals surface area contributed by atoms with Crippen LogP contribution in [0.5, 0.6) is 0 Å². The Balaban J connectivity index is 1.83. The average Bonchev–Trinajstić information content (AvgIpc) is 3.01. The molecule has 0 spiro atoms. The third-order valence-corrected chi connectivity index (χ3v) is 5.03. The van der Waals surface area contributed by atoms with E-state index >= 15 is 0 Å². The monoisotopic (exact) mass is 253 g/mol. The second-order valence-corrected chi connectivity index (χ2v) is 6.58. The van der Waals surface area contributed by atoms with Crippen molar-refractivity contribution in [2.24, 2.45) is 5.41 Å². The first-order chi connectivity index (χ1) is 8.74. The first-order valence-corrected chi connectivity index (χ1v) is 8.09. The molecule has 0 aromatic rings. The molecule has 0 bridgehead atoms. The lowest BCUT2D eigenvalue weighted by molar-refractivity contribution is 0.0911. The maximum absolute atomic E-state index is 5.78. The van der Waals surface area contributed by atoms with E-state index in [2.05, 4.69) is 19.2 Å². The van der Waals surface area contributed by atoms with Crippen molar-refractivity contribution in [2.45, 2.75) is 83.8 Å². The quantitative estimate of drug-likeness (QED) is 0.743. The average molecular weight is 253 g/mol. The van der Waals surface area contributed by atoms with Gasteiger partial charge in [0.05, 0.1) is 6.10 Å². The molecule has 2 fully saturated rings. The lowest BCUT2D eigenvalue weighted by Gasteiger charge is -2.35. The number of hydrogen-bond acceptors (Lipinski definition) is 2. The van der Waals surface area contributed by atoms with E-state index in [4.69, 9.17) is 4.74 Å². The Hall–Kier alpha value is -0.0800. The molecule has 0 aromatic heterocycles.